The molecule has 0 aliphatic carbocycles. The summed E-state index contributed by atoms with van der Waals surface area (Å²) in [5, 5.41) is 0. The summed E-state index contributed by atoms with van der Waals surface area (Å²) < 4.78 is 0. The third-order valence-electron chi connectivity index (χ3n) is 3.72. The van der Waals surface area contributed by atoms with E-state index in [4.69, 9.17) is 5.84 Å². The maximum Gasteiger partial charge on any atom is 0.233 e. The Hall–Kier alpha value is -0.610. The molecule has 0 bridgehead atoms. The number of hydrogen-bond donors (Lipinski definition) is 2. The molecule has 1 saturated heterocycles. The number of carbonyl (C=O) groups is 1. The van der Waals surface area contributed by atoms with E-state index in [1.807, 2.05) is 0 Å². The van der Waals surface area contributed by atoms with E-state index in [2.05, 4.69) is 24.2 Å². The fourth-order valence-corrected chi connectivity index (χ4v) is 2.40. The van der Waals surface area contributed by atoms with Crippen LogP contribution in [0.4, 0.5) is 0 Å². The minimum atomic E-state index is -0.0537. The zero-order valence-electron chi connectivity index (χ0n) is 11.3. The maximum atomic E-state index is 11.0. The van der Waals surface area contributed by atoms with Crippen LogP contribution < -0.4 is 11.3 Å². The van der Waals surface area contributed by atoms with Crippen molar-refractivity contribution in [2.45, 2.75) is 52.4 Å². The Kier molecular flexibility index (Phi) is 5.92. The van der Waals surface area contributed by atoms with Gasteiger partial charge in [-0.1, -0.05) is 13.8 Å². The van der Waals surface area contributed by atoms with Gasteiger partial charge in [0.15, 0.2) is 0 Å². The monoisotopic (exact) mass is 241 g/mol. The van der Waals surface area contributed by atoms with Crippen LogP contribution in [0, 0.1) is 5.41 Å². The van der Waals surface area contributed by atoms with Crippen molar-refractivity contribution in [1.82, 2.24) is 10.3 Å². The van der Waals surface area contributed by atoms with Gasteiger partial charge >= 0.3 is 0 Å². The van der Waals surface area contributed by atoms with Crippen molar-refractivity contribution >= 4 is 5.91 Å². The van der Waals surface area contributed by atoms with Crippen LogP contribution >= 0.6 is 0 Å². The molecular weight excluding hydrogens is 214 g/mol. The summed E-state index contributed by atoms with van der Waals surface area (Å²) in [7, 11) is 0. The molecule has 1 aliphatic heterocycles. The van der Waals surface area contributed by atoms with Gasteiger partial charge in [0.25, 0.3) is 0 Å². The summed E-state index contributed by atoms with van der Waals surface area (Å²) in [4.78, 5) is 13.5. The Balaban J connectivity index is 2.13. The van der Waals surface area contributed by atoms with Crippen molar-refractivity contribution in [2.24, 2.45) is 11.3 Å². The number of nitrogens with one attached hydrogen (secondary N) is 1. The molecule has 0 atom stereocenters. The molecule has 0 aromatic rings. The Labute approximate surface area is 105 Å². The van der Waals surface area contributed by atoms with Gasteiger partial charge < -0.3 is 4.90 Å². The van der Waals surface area contributed by atoms with Crippen molar-refractivity contribution in [3.63, 3.8) is 0 Å². The lowest BCUT2D eigenvalue weighted by Crippen LogP contribution is -2.30. The van der Waals surface area contributed by atoms with Gasteiger partial charge in [-0.2, -0.15) is 0 Å². The van der Waals surface area contributed by atoms with E-state index < -0.39 is 0 Å². The second-order valence-corrected chi connectivity index (χ2v) is 5.88. The highest BCUT2D eigenvalue weighted by molar-refractivity contribution is 5.75. The number of unbranched alkanes of at least 4 members (excludes halogenated alkanes) is 1. The quantitative estimate of drug-likeness (QED) is 0.333. The zero-order chi connectivity index (χ0) is 12.7. The highest BCUT2D eigenvalue weighted by Gasteiger charge is 2.22. The molecule has 3 N–H and O–H groups in total. The molecule has 0 aromatic carbocycles. The molecular formula is C13H27N3O. The van der Waals surface area contributed by atoms with E-state index in [0.29, 0.717) is 11.8 Å². The lowest BCUT2D eigenvalue weighted by atomic mass is 9.85. The molecule has 1 rings (SSSR count). The molecule has 4 nitrogen and oxygen atoms in total. The standard InChI is InChI=1S/C13H27N3O/c1-13(2)7-5-10-16(11-8-13)9-4-3-6-12(17)15-14/h3-11,14H2,1-2H3,(H,15,17). The fourth-order valence-electron chi connectivity index (χ4n) is 2.40. The molecule has 0 unspecified atom stereocenters. The first-order chi connectivity index (χ1) is 8.03. The van der Waals surface area contributed by atoms with Crippen molar-refractivity contribution in [2.75, 3.05) is 19.6 Å². The number of nitrogens with two attached hydrogens (primary N) is 1. The molecule has 17 heavy (non-hydrogen) atoms. The van der Waals surface area contributed by atoms with Crippen LogP contribution in [0.5, 0.6) is 0 Å². The van der Waals surface area contributed by atoms with Crippen molar-refractivity contribution in [3.8, 4) is 0 Å². The predicted molar refractivity (Wildman–Crippen MR) is 70.3 cm³/mol. The van der Waals surface area contributed by atoms with Gasteiger partial charge in [0.05, 0.1) is 0 Å². The highest BCUT2D eigenvalue weighted by Crippen LogP contribution is 2.29. The summed E-state index contributed by atoms with van der Waals surface area (Å²) in [6.45, 7) is 8.26. The lowest BCUT2D eigenvalue weighted by molar-refractivity contribution is -0.121. The minimum Gasteiger partial charge on any atom is -0.303 e. The van der Waals surface area contributed by atoms with Crippen LogP contribution in [-0.4, -0.2) is 30.4 Å². The van der Waals surface area contributed by atoms with E-state index in [9.17, 15) is 4.79 Å². The van der Waals surface area contributed by atoms with Gasteiger partial charge in [-0.3, -0.25) is 10.2 Å². The van der Waals surface area contributed by atoms with E-state index in [0.717, 1.165) is 19.4 Å². The molecule has 0 aromatic heterocycles. The minimum absolute atomic E-state index is 0.0537. The Bertz CT molecular complexity index is 241. The summed E-state index contributed by atoms with van der Waals surface area (Å²) in [5.41, 5.74) is 2.68. The largest absolute Gasteiger partial charge is 0.303 e. The van der Waals surface area contributed by atoms with Gasteiger partial charge in [-0.05, 0) is 57.2 Å². The van der Waals surface area contributed by atoms with Gasteiger partial charge in [-0.25, -0.2) is 5.84 Å². The third kappa shape index (κ3) is 6.03. The molecule has 4 heteroatoms. The number of likely N-dealkylation sites (tertiary alicyclic amines) is 1. The second-order valence-electron chi connectivity index (χ2n) is 5.88. The second kappa shape index (κ2) is 6.97. The van der Waals surface area contributed by atoms with Gasteiger partial charge in [0.1, 0.15) is 0 Å². The fraction of sp³-hybridized carbons (Fsp3) is 0.923. The average Bonchev–Trinajstić information content (AvgIpc) is 2.46. The number of rotatable bonds is 5. The van der Waals surface area contributed by atoms with Crippen molar-refractivity contribution in [1.29, 1.82) is 0 Å². The molecule has 1 amide bonds. The van der Waals surface area contributed by atoms with E-state index in [1.54, 1.807) is 0 Å². The number of amides is 1. The van der Waals surface area contributed by atoms with Crippen LogP contribution in [0.25, 0.3) is 0 Å². The molecule has 100 valence electrons. The summed E-state index contributed by atoms with van der Waals surface area (Å²) in [6, 6.07) is 0. The summed E-state index contributed by atoms with van der Waals surface area (Å²) in [5.74, 6) is 4.98. The number of hydrazine groups is 1. The maximum absolute atomic E-state index is 11.0. The first-order valence-electron chi connectivity index (χ1n) is 6.75. The predicted octanol–water partition coefficient (Wildman–Crippen LogP) is 1.66. The van der Waals surface area contributed by atoms with Gasteiger partial charge in [0, 0.05) is 6.42 Å². The van der Waals surface area contributed by atoms with Gasteiger partial charge in [0.2, 0.25) is 5.91 Å². The molecule has 1 fully saturated rings. The Morgan fingerprint density at radius 3 is 2.76 bits per heavy atom. The SMILES string of the molecule is CC1(C)CCCN(CCCCC(=O)NN)CC1. The zero-order valence-corrected chi connectivity index (χ0v) is 11.3. The normalized spacial score (nSPS) is 20.9. The molecule has 1 aliphatic rings. The molecule has 0 saturated carbocycles. The number of hydrogen-bond acceptors (Lipinski definition) is 3. The smallest absolute Gasteiger partial charge is 0.233 e. The molecule has 0 radical (unpaired) electrons. The Morgan fingerprint density at radius 1 is 1.29 bits per heavy atom. The molecule has 0 spiro atoms. The number of carbonyl (C=O) groups excluding carboxylic acids is 1. The van der Waals surface area contributed by atoms with Gasteiger partial charge in [-0.15, -0.1) is 0 Å². The summed E-state index contributed by atoms with van der Waals surface area (Å²) >= 11 is 0. The van der Waals surface area contributed by atoms with Crippen molar-refractivity contribution < 1.29 is 4.79 Å². The number of nitrogens with zero attached hydrogens (tertiary/aromatic N) is 1. The molecule has 1 heterocycles. The van der Waals surface area contributed by atoms with Crippen LogP contribution in [0.1, 0.15) is 52.4 Å². The van der Waals surface area contributed by atoms with Crippen LogP contribution in [0.3, 0.4) is 0 Å². The van der Waals surface area contributed by atoms with Crippen LogP contribution in [0.2, 0.25) is 0 Å². The van der Waals surface area contributed by atoms with E-state index in [-0.39, 0.29) is 5.91 Å². The van der Waals surface area contributed by atoms with E-state index >= 15 is 0 Å². The Morgan fingerprint density at radius 2 is 2.06 bits per heavy atom. The van der Waals surface area contributed by atoms with Crippen molar-refractivity contribution in [3.05, 3.63) is 0 Å². The summed E-state index contributed by atoms with van der Waals surface area (Å²) in [6.07, 6.45) is 6.50. The van der Waals surface area contributed by atoms with E-state index in [1.165, 1.54) is 32.4 Å². The topological polar surface area (TPSA) is 58.4 Å². The van der Waals surface area contributed by atoms with Crippen LogP contribution in [0.15, 0.2) is 0 Å². The highest BCUT2D eigenvalue weighted by atomic mass is 16.2. The first-order valence-corrected chi connectivity index (χ1v) is 6.75. The lowest BCUT2D eigenvalue weighted by Gasteiger charge is -2.23. The first kappa shape index (κ1) is 14.5. The third-order valence-corrected chi connectivity index (χ3v) is 3.72. The van der Waals surface area contributed by atoms with Crippen LogP contribution in [-0.2, 0) is 4.79 Å². The average molecular weight is 241 g/mol.